The number of benzene rings is 1. The Morgan fingerprint density at radius 3 is 2.41 bits per heavy atom. The summed E-state index contributed by atoms with van der Waals surface area (Å²) in [4.78, 5) is 11.0. The Labute approximate surface area is 100 Å². The molecule has 1 aromatic rings. The molecule has 0 atom stereocenters. The van der Waals surface area contributed by atoms with Crippen LogP contribution in [0.25, 0.3) is 0 Å². The Morgan fingerprint density at radius 2 is 1.94 bits per heavy atom. The van der Waals surface area contributed by atoms with Crippen molar-refractivity contribution in [2.45, 2.75) is 19.3 Å². The standard InChI is InChI=1S/C12H16N4O/c1-12(2,8-17)10-6-4-9(5-7-10)11-13-14-15-16(11)3/h4-8,14-15H,1-3H3. The van der Waals surface area contributed by atoms with Crippen LogP contribution in [0, 0.1) is 0 Å². The quantitative estimate of drug-likeness (QED) is 0.756. The molecule has 0 fully saturated rings. The molecule has 17 heavy (non-hydrogen) atoms. The van der Waals surface area contributed by atoms with E-state index in [-0.39, 0.29) is 0 Å². The van der Waals surface area contributed by atoms with Crippen molar-refractivity contribution in [3.05, 3.63) is 35.4 Å². The van der Waals surface area contributed by atoms with Gasteiger partial charge in [-0.2, -0.15) is 0 Å². The zero-order valence-corrected chi connectivity index (χ0v) is 10.2. The van der Waals surface area contributed by atoms with E-state index in [0.717, 1.165) is 23.2 Å². The number of amidine groups is 1. The number of nitrogens with one attached hydrogen (secondary N) is 2. The molecule has 0 aromatic heterocycles. The van der Waals surface area contributed by atoms with Crippen LogP contribution in [-0.4, -0.2) is 24.2 Å². The van der Waals surface area contributed by atoms with Crippen LogP contribution in [0.1, 0.15) is 25.0 Å². The second kappa shape index (κ2) is 4.18. The number of hydrazine groups is 2. The number of rotatable bonds is 3. The minimum atomic E-state index is -0.446. The van der Waals surface area contributed by atoms with Crippen molar-refractivity contribution in [1.82, 2.24) is 16.1 Å². The van der Waals surface area contributed by atoms with Crippen LogP contribution in [0.4, 0.5) is 0 Å². The van der Waals surface area contributed by atoms with Crippen molar-refractivity contribution in [3.8, 4) is 0 Å². The molecule has 0 amide bonds. The van der Waals surface area contributed by atoms with Gasteiger partial charge in [0, 0.05) is 18.0 Å². The lowest BCUT2D eigenvalue weighted by molar-refractivity contribution is -0.111. The van der Waals surface area contributed by atoms with E-state index in [0.29, 0.717) is 0 Å². The van der Waals surface area contributed by atoms with Crippen LogP contribution in [0.3, 0.4) is 0 Å². The van der Waals surface area contributed by atoms with Gasteiger partial charge in [-0.25, -0.2) is 5.53 Å². The van der Waals surface area contributed by atoms with E-state index in [9.17, 15) is 4.79 Å². The van der Waals surface area contributed by atoms with Crippen molar-refractivity contribution >= 4 is 12.1 Å². The number of nitrogens with zero attached hydrogens (tertiary/aromatic N) is 2. The van der Waals surface area contributed by atoms with Crippen LogP contribution >= 0.6 is 0 Å². The molecule has 90 valence electrons. The zero-order valence-electron chi connectivity index (χ0n) is 10.2. The van der Waals surface area contributed by atoms with Crippen LogP contribution in [0.5, 0.6) is 0 Å². The number of carbonyl (C=O) groups is 1. The molecule has 5 nitrogen and oxygen atoms in total. The third kappa shape index (κ3) is 2.14. The van der Waals surface area contributed by atoms with Crippen molar-refractivity contribution in [1.29, 1.82) is 0 Å². The van der Waals surface area contributed by atoms with Gasteiger partial charge in [0.1, 0.15) is 6.29 Å². The monoisotopic (exact) mass is 232 g/mol. The van der Waals surface area contributed by atoms with Crippen LogP contribution in [0.2, 0.25) is 0 Å². The fourth-order valence-corrected chi connectivity index (χ4v) is 1.66. The highest BCUT2D eigenvalue weighted by Crippen LogP contribution is 2.21. The van der Waals surface area contributed by atoms with Gasteiger partial charge in [-0.3, -0.25) is 5.01 Å². The Bertz CT molecular complexity index is 450. The van der Waals surface area contributed by atoms with Crippen molar-refractivity contribution < 1.29 is 4.79 Å². The highest BCUT2D eigenvalue weighted by molar-refractivity contribution is 5.98. The predicted molar refractivity (Wildman–Crippen MR) is 66.1 cm³/mol. The van der Waals surface area contributed by atoms with Crippen molar-refractivity contribution in [3.63, 3.8) is 0 Å². The summed E-state index contributed by atoms with van der Waals surface area (Å²) < 4.78 is 0. The fourth-order valence-electron chi connectivity index (χ4n) is 1.66. The summed E-state index contributed by atoms with van der Waals surface area (Å²) in [6, 6.07) is 7.84. The Kier molecular flexibility index (Phi) is 2.85. The molecule has 1 aliphatic heterocycles. The smallest absolute Gasteiger partial charge is 0.172 e. The van der Waals surface area contributed by atoms with Gasteiger partial charge in [0.25, 0.3) is 0 Å². The van der Waals surface area contributed by atoms with Crippen LogP contribution in [-0.2, 0) is 10.2 Å². The first-order valence-electron chi connectivity index (χ1n) is 5.44. The molecule has 0 saturated carbocycles. The molecule has 0 spiro atoms. The first-order valence-corrected chi connectivity index (χ1v) is 5.44. The molecule has 2 N–H and O–H groups in total. The van der Waals surface area contributed by atoms with E-state index in [4.69, 9.17) is 0 Å². The van der Waals surface area contributed by atoms with Gasteiger partial charge in [0.15, 0.2) is 5.84 Å². The molecule has 1 aromatic carbocycles. The SMILES string of the molecule is CN1NNN=C1c1ccc(C(C)(C)C=O)cc1. The lowest BCUT2D eigenvalue weighted by Gasteiger charge is -2.18. The average molecular weight is 232 g/mol. The van der Waals surface area contributed by atoms with Gasteiger partial charge in [0.05, 0.1) is 0 Å². The van der Waals surface area contributed by atoms with Gasteiger partial charge >= 0.3 is 0 Å². The highest BCUT2D eigenvalue weighted by Gasteiger charge is 2.20. The maximum absolute atomic E-state index is 11.0. The van der Waals surface area contributed by atoms with Gasteiger partial charge in [-0.05, 0) is 19.4 Å². The Balaban J connectivity index is 2.27. The number of hydrogen-bond acceptors (Lipinski definition) is 5. The van der Waals surface area contributed by atoms with Crippen molar-refractivity contribution in [2.75, 3.05) is 7.05 Å². The largest absolute Gasteiger partial charge is 0.302 e. The molecule has 0 unspecified atom stereocenters. The summed E-state index contributed by atoms with van der Waals surface area (Å²) >= 11 is 0. The summed E-state index contributed by atoms with van der Waals surface area (Å²) in [7, 11) is 1.88. The number of aldehydes is 1. The van der Waals surface area contributed by atoms with Gasteiger partial charge in [-0.1, -0.05) is 24.3 Å². The fraction of sp³-hybridized carbons (Fsp3) is 0.333. The van der Waals surface area contributed by atoms with E-state index < -0.39 is 5.41 Å². The minimum absolute atomic E-state index is 0.446. The van der Waals surface area contributed by atoms with E-state index in [2.05, 4.69) is 16.2 Å². The highest BCUT2D eigenvalue weighted by atomic mass is 16.1. The second-order valence-corrected chi connectivity index (χ2v) is 4.63. The summed E-state index contributed by atoms with van der Waals surface area (Å²) in [5, 5.41) is 5.90. The maximum atomic E-state index is 11.0. The summed E-state index contributed by atoms with van der Waals surface area (Å²) in [6.45, 7) is 3.80. The van der Waals surface area contributed by atoms with Crippen LogP contribution in [0.15, 0.2) is 29.4 Å². The lowest BCUT2D eigenvalue weighted by Crippen LogP contribution is -2.37. The third-order valence-corrected chi connectivity index (χ3v) is 2.88. The first-order chi connectivity index (χ1) is 8.04. The molecule has 2 rings (SSSR count). The van der Waals surface area contributed by atoms with Gasteiger partial charge in [0.2, 0.25) is 0 Å². The van der Waals surface area contributed by atoms with E-state index >= 15 is 0 Å². The average Bonchev–Trinajstić information content (AvgIpc) is 2.76. The normalized spacial score (nSPS) is 15.5. The summed E-state index contributed by atoms with van der Waals surface area (Å²) in [5.41, 5.74) is 7.08. The summed E-state index contributed by atoms with van der Waals surface area (Å²) in [5.74, 6) is 0.820. The minimum Gasteiger partial charge on any atom is -0.302 e. The third-order valence-electron chi connectivity index (χ3n) is 2.88. The number of hydrogen-bond donors (Lipinski definition) is 2. The Morgan fingerprint density at radius 1 is 1.29 bits per heavy atom. The number of hydrazone groups is 1. The van der Waals surface area contributed by atoms with Gasteiger partial charge in [-0.15, -0.1) is 10.6 Å². The van der Waals surface area contributed by atoms with E-state index in [1.165, 1.54) is 0 Å². The Hall–Kier alpha value is -1.88. The van der Waals surface area contributed by atoms with E-state index in [1.54, 1.807) is 5.01 Å². The summed E-state index contributed by atoms with van der Waals surface area (Å²) in [6.07, 6.45) is 0.963. The van der Waals surface area contributed by atoms with Crippen LogP contribution < -0.4 is 11.1 Å². The molecule has 0 saturated heterocycles. The lowest BCUT2D eigenvalue weighted by atomic mass is 9.86. The van der Waals surface area contributed by atoms with E-state index in [1.807, 2.05) is 45.2 Å². The molecule has 0 bridgehead atoms. The second-order valence-electron chi connectivity index (χ2n) is 4.63. The molecule has 1 aliphatic rings. The topological polar surface area (TPSA) is 56.7 Å². The molecule has 5 heteroatoms. The predicted octanol–water partition coefficient (Wildman–Crippen LogP) is 0.779. The first kappa shape index (κ1) is 11.6. The molecule has 1 heterocycles. The molecular weight excluding hydrogens is 216 g/mol. The number of carbonyl (C=O) groups excluding carboxylic acids is 1. The maximum Gasteiger partial charge on any atom is 0.172 e. The molecule has 0 aliphatic carbocycles. The molecule has 0 radical (unpaired) electrons. The molecular formula is C12H16N4O. The zero-order chi connectivity index (χ0) is 12.5. The van der Waals surface area contributed by atoms with Gasteiger partial charge < -0.3 is 4.79 Å². The van der Waals surface area contributed by atoms with Crippen molar-refractivity contribution in [2.24, 2.45) is 5.10 Å².